The van der Waals surface area contributed by atoms with E-state index in [0.29, 0.717) is 37.3 Å². The lowest BCUT2D eigenvalue weighted by Gasteiger charge is -2.09. The number of aliphatic hydroxyl groups is 1. The predicted octanol–water partition coefficient (Wildman–Crippen LogP) is 2.14. The lowest BCUT2D eigenvalue weighted by atomic mass is 10.2. The molecule has 0 saturated heterocycles. The highest BCUT2D eigenvalue weighted by atomic mass is 16.5. The van der Waals surface area contributed by atoms with Gasteiger partial charge in [0.15, 0.2) is 0 Å². The largest absolute Gasteiger partial charge is 0.490 e. The Morgan fingerprint density at radius 3 is 2.74 bits per heavy atom. The van der Waals surface area contributed by atoms with Crippen LogP contribution in [0.1, 0.15) is 30.1 Å². The summed E-state index contributed by atoms with van der Waals surface area (Å²) < 4.78 is 5.33. The van der Waals surface area contributed by atoms with Gasteiger partial charge in [-0.15, -0.1) is 0 Å². The third-order valence-corrected chi connectivity index (χ3v) is 2.72. The first-order valence-electron chi connectivity index (χ1n) is 6.47. The summed E-state index contributed by atoms with van der Waals surface area (Å²) in [6, 6.07) is 6.92. The number of carbonyl (C=O) groups is 1. The number of hydrogen-bond acceptors (Lipinski definition) is 3. The van der Waals surface area contributed by atoms with Crippen molar-refractivity contribution in [3.05, 3.63) is 42.5 Å². The van der Waals surface area contributed by atoms with E-state index < -0.39 is 0 Å². The third-order valence-electron chi connectivity index (χ3n) is 2.72. The van der Waals surface area contributed by atoms with Crippen molar-refractivity contribution in [2.45, 2.75) is 25.9 Å². The average Bonchev–Trinajstić information content (AvgIpc) is 2.45. The first-order valence-corrected chi connectivity index (χ1v) is 6.47. The SMILES string of the molecule is C=CCOc1ccc(C(=O)NCCC(O)CC)cc1. The van der Waals surface area contributed by atoms with Gasteiger partial charge in [0.05, 0.1) is 6.10 Å². The van der Waals surface area contributed by atoms with E-state index in [1.165, 1.54) is 0 Å². The second-order valence-corrected chi connectivity index (χ2v) is 4.23. The van der Waals surface area contributed by atoms with Crippen LogP contribution in [0.5, 0.6) is 5.75 Å². The van der Waals surface area contributed by atoms with Crippen LogP contribution in [0.2, 0.25) is 0 Å². The van der Waals surface area contributed by atoms with Crippen LogP contribution in [0, 0.1) is 0 Å². The maximum absolute atomic E-state index is 11.8. The number of carbonyl (C=O) groups excluding carboxylic acids is 1. The minimum absolute atomic E-state index is 0.140. The van der Waals surface area contributed by atoms with Gasteiger partial charge in [-0.25, -0.2) is 0 Å². The van der Waals surface area contributed by atoms with E-state index in [-0.39, 0.29) is 12.0 Å². The Bertz CT molecular complexity index is 400. The minimum atomic E-state index is -0.352. The second kappa shape index (κ2) is 8.32. The molecule has 0 spiro atoms. The molecular weight excluding hydrogens is 242 g/mol. The molecule has 0 aliphatic carbocycles. The van der Waals surface area contributed by atoms with Gasteiger partial charge < -0.3 is 15.2 Å². The third kappa shape index (κ3) is 5.57. The molecular formula is C15H21NO3. The highest BCUT2D eigenvalue weighted by Gasteiger charge is 2.06. The van der Waals surface area contributed by atoms with Crippen LogP contribution in [0.25, 0.3) is 0 Å². The molecule has 0 saturated carbocycles. The van der Waals surface area contributed by atoms with Gasteiger partial charge in [-0.3, -0.25) is 4.79 Å². The van der Waals surface area contributed by atoms with Gasteiger partial charge in [-0.05, 0) is 37.1 Å². The predicted molar refractivity (Wildman–Crippen MR) is 75.4 cm³/mol. The molecule has 0 fully saturated rings. The number of ether oxygens (including phenoxy) is 1. The molecule has 0 aromatic heterocycles. The molecule has 1 unspecified atom stereocenters. The van der Waals surface area contributed by atoms with E-state index in [1.807, 2.05) is 6.92 Å². The Labute approximate surface area is 114 Å². The van der Waals surface area contributed by atoms with Crippen LogP contribution >= 0.6 is 0 Å². The summed E-state index contributed by atoms with van der Waals surface area (Å²) in [4.78, 5) is 11.8. The fourth-order valence-corrected chi connectivity index (χ4v) is 1.52. The molecule has 2 N–H and O–H groups in total. The van der Waals surface area contributed by atoms with Crippen LogP contribution in [0.3, 0.4) is 0 Å². The standard InChI is InChI=1S/C15H21NO3/c1-3-11-19-14-7-5-12(6-8-14)15(18)16-10-9-13(17)4-2/h3,5-8,13,17H,1,4,9-11H2,2H3,(H,16,18). The van der Waals surface area contributed by atoms with E-state index in [0.717, 1.165) is 0 Å². The Kier molecular flexibility index (Phi) is 6.68. The van der Waals surface area contributed by atoms with E-state index in [1.54, 1.807) is 30.3 Å². The first-order chi connectivity index (χ1) is 9.17. The number of amides is 1. The molecule has 0 aliphatic rings. The van der Waals surface area contributed by atoms with Crippen molar-refractivity contribution in [3.63, 3.8) is 0 Å². The first kappa shape index (κ1) is 15.2. The average molecular weight is 263 g/mol. The molecule has 19 heavy (non-hydrogen) atoms. The Balaban J connectivity index is 2.42. The van der Waals surface area contributed by atoms with E-state index >= 15 is 0 Å². The van der Waals surface area contributed by atoms with Crippen LogP contribution in [-0.2, 0) is 0 Å². The molecule has 1 rings (SSSR count). The highest BCUT2D eigenvalue weighted by Crippen LogP contribution is 2.12. The van der Waals surface area contributed by atoms with Gasteiger partial charge in [0.25, 0.3) is 5.91 Å². The number of hydrogen-bond donors (Lipinski definition) is 2. The summed E-state index contributed by atoms with van der Waals surface area (Å²) in [6.07, 6.45) is 2.59. The summed E-state index contributed by atoms with van der Waals surface area (Å²) in [5, 5.41) is 12.2. The molecule has 104 valence electrons. The van der Waals surface area contributed by atoms with Crippen molar-refractivity contribution in [2.24, 2.45) is 0 Å². The van der Waals surface area contributed by atoms with Crippen LogP contribution in [0.4, 0.5) is 0 Å². The molecule has 0 radical (unpaired) electrons. The zero-order valence-corrected chi connectivity index (χ0v) is 11.3. The summed E-state index contributed by atoms with van der Waals surface area (Å²) in [5.41, 5.74) is 0.581. The Hall–Kier alpha value is -1.81. The summed E-state index contributed by atoms with van der Waals surface area (Å²) >= 11 is 0. The minimum Gasteiger partial charge on any atom is -0.490 e. The maximum atomic E-state index is 11.8. The number of nitrogens with one attached hydrogen (secondary N) is 1. The fraction of sp³-hybridized carbons (Fsp3) is 0.400. The summed E-state index contributed by atoms with van der Waals surface area (Å²) in [7, 11) is 0. The summed E-state index contributed by atoms with van der Waals surface area (Å²) in [6.45, 7) is 6.40. The van der Waals surface area contributed by atoms with E-state index in [4.69, 9.17) is 4.74 Å². The smallest absolute Gasteiger partial charge is 0.251 e. The lowest BCUT2D eigenvalue weighted by Crippen LogP contribution is -2.26. The van der Waals surface area contributed by atoms with Crippen molar-refractivity contribution in [2.75, 3.05) is 13.2 Å². The monoisotopic (exact) mass is 263 g/mol. The van der Waals surface area contributed by atoms with Gasteiger partial charge in [-0.2, -0.15) is 0 Å². The molecule has 0 aliphatic heterocycles. The van der Waals surface area contributed by atoms with Crippen molar-refractivity contribution in [3.8, 4) is 5.75 Å². The molecule has 0 bridgehead atoms. The van der Waals surface area contributed by atoms with E-state index in [9.17, 15) is 9.90 Å². The van der Waals surface area contributed by atoms with Gasteiger partial charge in [0.1, 0.15) is 12.4 Å². The quantitative estimate of drug-likeness (QED) is 0.706. The Morgan fingerprint density at radius 2 is 2.16 bits per heavy atom. The fourth-order valence-electron chi connectivity index (χ4n) is 1.52. The molecule has 0 heterocycles. The van der Waals surface area contributed by atoms with Gasteiger partial charge in [0, 0.05) is 12.1 Å². The highest BCUT2D eigenvalue weighted by molar-refractivity contribution is 5.94. The van der Waals surface area contributed by atoms with Gasteiger partial charge in [-0.1, -0.05) is 19.6 Å². The van der Waals surface area contributed by atoms with Gasteiger partial charge >= 0.3 is 0 Å². The second-order valence-electron chi connectivity index (χ2n) is 4.23. The van der Waals surface area contributed by atoms with E-state index in [2.05, 4.69) is 11.9 Å². The molecule has 1 aromatic carbocycles. The maximum Gasteiger partial charge on any atom is 0.251 e. The normalized spacial score (nSPS) is 11.7. The zero-order chi connectivity index (χ0) is 14.1. The van der Waals surface area contributed by atoms with Crippen LogP contribution < -0.4 is 10.1 Å². The van der Waals surface area contributed by atoms with Crippen molar-refractivity contribution < 1.29 is 14.6 Å². The topological polar surface area (TPSA) is 58.6 Å². The zero-order valence-electron chi connectivity index (χ0n) is 11.3. The molecule has 1 amide bonds. The van der Waals surface area contributed by atoms with Crippen molar-refractivity contribution >= 4 is 5.91 Å². The van der Waals surface area contributed by atoms with Crippen LogP contribution in [-0.4, -0.2) is 30.3 Å². The number of benzene rings is 1. The van der Waals surface area contributed by atoms with Crippen molar-refractivity contribution in [1.82, 2.24) is 5.32 Å². The molecule has 4 nitrogen and oxygen atoms in total. The molecule has 4 heteroatoms. The lowest BCUT2D eigenvalue weighted by molar-refractivity contribution is 0.0942. The van der Waals surface area contributed by atoms with Gasteiger partial charge in [0.2, 0.25) is 0 Å². The molecule has 1 atom stereocenters. The Morgan fingerprint density at radius 1 is 1.47 bits per heavy atom. The number of aliphatic hydroxyl groups excluding tert-OH is 1. The molecule has 1 aromatic rings. The summed E-state index contributed by atoms with van der Waals surface area (Å²) in [5.74, 6) is 0.566. The van der Waals surface area contributed by atoms with Crippen LogP contribution in [0.15, 0.2) is 36.9 Å². The number of rotatable bonds is 8. The van der Waals surface area contributed by atoms with Crippen molar-refractivity contribution in [1.29, 1.82) is 0 Å².